The number of hydrogen-bond acceptors (Lipinski definition) is 2. The molecule has 0 N–H and O–H groups in total. The SMILES string of the molecule is O=[C-]SCc1ccccc1.[Y]. The van der Waals surface area contributed by atoms with Gasteiger partial charge in [-0.1, -0.05) is 30.3 Å². The van der Waals surface area contributed by atoms with E-state index in [9.17, 15) is 4.79 Å². The van der Waals surface area contributed by atoms with E-state index in [-0.39, 0.29) is 32.7 Å². The zero-order chi connectivity index (χ0) is 7.23. The molecule has 0 amide bonds. The molecule has 1 aromatic rings. The van der Waals surface area contributed by atoms with Gasteiger partial charge in [-0.05, 0) is 11.3 Å². The summed E-state index contributed by atoms with van der Waals surface area (Å²) in [6.45, 7) is 0. The Kier molecular flexibility index (Phi) is 7.24. The number of benzene rings is 1. The summed E-state index contributed by atoms with van der Waals surface area (Å²) in [5, 5.41) is 0. The van der Waals surface area contributed by atoms with Gasteiger partial charge in [0.2, 0.25) is 0 Å². The maximum atomic E-state index is 9.82. The van der Waals surface area contributed by atoms with Crippen molar-refractivity contribution in [1.82, 2.24) is 0 Å². The number of hydrogen-bond donors (Lipinski definition) is 0. The van der Waals surface area contributed by atoms with E-state index in [0.717, 1.165) is 23.1 Å². The second kappa shape index (κ2) is 7.02. The first-order valence-corrected chi connectivity index (χ1v) is 3.95. The average Bonchev–Trinajstić information content (AvgIpc) is 2.03. The Morgan fingerprint density at radius 2 is 1.91 bits per heavy atom. The molecule has 1 radical (unpaired) electrons. The zero-order valence-electron chi connectivity index (χ0n) is 5.99. The normalized spacial score (nSPS) is 8.36. The van der Waals surface area contributed by atoms with Crippen LogP contribution in [0.2, 0.25) is 0 Å². The second-order valence-corrected chi connectivity index (χ2v) is 2.60. The van der Waals surface area contributed by atoms with E-state index in [0.29, 0.717) is 0 Å². The van der Waals surface area contributed by atoms with Crippen LogP contribution < -0.4 is 0 Å². The zero-order valence-corrected chi connectivity index (χ0v) is 9.64. The van der Waals surface area contributed by atoms with Crippen LogP contribution in [0, 0.1) is 0 Å². The van der Waals surface area contributed by atoms with Crippen LogP contribution in [0.1, 0.15) is 5.56 Å². The van der Waals surface area contributed by atoms with Crippen LogP contribution in [-0.2, 0) is 43.3 Å². The molecule has 0 atom stereocenters. The monoisotopic (exact) mass is 240 g/mol. The van der Waals surface area contributed by atoms with Crippen LogP contribution in [0.15, 0.2) is 30.3 Å². The summed E-state index contributed by atoms with van der Waals surface area (Å²) >= 11 is 1.16. The molecule has 0 spiro atoms. The Morgan fingerprint density at radius 1 is 1.27 bits per heavy atom. The predicted octanol–water partition coefficient (Wildman–Crippen LogP) is 1.98. The molecule has 1 nitrogen and oxygen atoms in total. The van der Waals surface area contributed by atoms with Gasteiger partial charge in [-0.2, -0.15) is 0 Å². The summed E-state index contributed by atoms with van der Waals surface area (Å²) in [7, 11) is 0. The van der Waals surface area contributed by atoms with Crippen LogP contribution in [-0.4, -0.2) is 5.62 Å². The van der Waals surface area contributed by atoms with E-state index >= 15 is 0 Å². The molecule has 3 heteroatoms. The maximum absolute atomic E-state index is 9.82. The van der Waals surface area contributed by atoms with E-state index < -0.39 is 0 Å². The summed E-state index contributed by atoms with van der Waals surface area (Å²) in [5.74, 6) is 0.727. The minimum atomic E-state index is 0. The van der Waals surface area contributed by atoms with Gasteiger partial charge in [-0.15, -0.1) is 0 Å². The quantitative estimate of drug-likeness (QED) is 0.751. The van der Waals surface area contributed by atoms with Gasteiger partial charge in [0.25, 0.3) is 0 Å². The van der Waals surface area contributed by atoms with E-state index in [2.05, 4.69) is 0 Å². The molecule has 11 heavy (non-hydrogen) atoms. The molecular formula is C8H7OSY-. The van der Waals surface area contributed by atoms with Crippen LogP contribution in [0.25, 0.3) is 0 Å². The Balaban J connectivity index is 0.000001000. The summed E-state index contributed by atoms with van der Waals surface area (Å²) in [6.07, 6.45) is 0. The number of rotatable bonds is 3. The predicted molar refractivity (Wildman–Crippen MR) is 43.4 cm³/mol. The second-order valence-electron chi connectivity index (χ2n) is 1.86. The molecule has 0 heterocycles. The van der Waals surface area contributed by atoms with Crippen molar-refractivity contribution in [2.45, 2.75) is 5.75 Å². The first-order chi connectivity index (χ1) is 4.93. The molecule has 0 unspecified atom stereocenters. The fraction of sp³-hybridized carbons (Fsp3) is 0.125. The summed E-state index contributed by atoms with van der Waals surface area (Å²) in [6, 6.07) is 9.86. The minimum absolute atomic E-state index is 0. The van der Waals surface area contributed by atoms with Gasteiger partial charge in [-0.3, -0.25) is 0 Å². The molecule has 0 fully saturated rings. The molecule has 0 saturated carbocycles. The van der Waals surface area contributed by atoms with Crippen LogP contribution in [0.3, 0.4) is 0 Å². The molecule has 0 aliphatic rings. The number of carbonyl (C=O) groups excluding carboxylic acids is 1. The van der Waals surface area contributed by atoms with Crippen LogP contribution >= 0.6 is 11.8 Å². The fourth-order valence-corrected chi connectivity index (χ4v) is 1.11. The Bertz CT molecular complexity index is 201. The molecule has 0 aromatic heterocycles. The average molecular weight is 240 g/mol. The van der Waals surface area contributed by atoms with Gasteiger partial charge in [0.05, 0.1) is 0 Å². The first kappa shape index (κ1) is 11.3. The topological polar surface area (TPSA) is 17.1 Å². The van der Waals surface area contributed by atoms with Crippen molar-refractivity contribution >= 4 is 17.4 Å². The Morgan fingerprint density at radius 3 is 2.45 bits per heavy atom. The molecule has 0 aliphatic carbocycles. The van der Waals surface area contributed by atoms with Crippen molar-refractivity contribution in [3.8, 4) is 0 Å². The van der Waals surface area contributed by atoms with E-state index in [4.69, 9.17) is 0 Å². The largest absolute Gasteiger partial charge is 0.530 e. The molecule has 0 saturated heterocycles. The molecule has 1 rings (SSSR count). The minimum Gasteiger partial charge on any atom is -0.530 e. The Hall–Kier alpha value is 0.344. The van der Waals surface area contributed by atoms with Crippen molar-refractivity contribution in [2.75, 3.05) is 0 Å². The summed E-state index contributed by atoms with van der Waals surface area (Å²) in [4.78, 5) is 9.82. The third-order valence-corrected chi connectivity index (χ3v) is 1.74. The molecule has 0 aliphatic heterocycles. The third kappa shape index (κ3) is 4.73. The molecule has 55 valence electrons. The maximum Gasteiger partial charge on any atom is 0 e. The van der Waals surface area contributed by atoms with Gasteiger partial charge >= 0.3 is 0 Å². The fourth-order valence-electron chi connectivity index (χ4n) is 0.687. The van der Waals surface area contributed by atoms with Crippen molar-refractivity contribution in [3.63, 3.8) is 0 Å². The van der Waals surface area contributed by atoms with E-state index in [1.54, 1.807) is 5.62 Å². The van der Waals surface area contributed by atoms with Crippen molar-refractivity contribution in [3.05, 3.63) is 35.9 Å². The van der Waals surface area contributed by atoms with Crippen LogP contribution in [0.4, 0.5) is 0 Å². The van der Waals surface area contributed by atoms with Crippen molar-refractivity contribution in [1.29, 1.82) is 0 Å². The van der Waals surface area contributed by atoms with Gasteiger partial charge in [-0.25, -0.2) is 5.62 Å². The van der Waals surface area contributed by atoms with E-state index in [1.807, 2.05) is 30.3 Å². The van der Waals surface area contributed by atoms with E-state index in [1.165, 1.54) is 0 Å². The van der Waals surface area contributed by atoms with Crippen LogP contribution in [0.5, 0.6) is 0 Å². The van der Waals surface area contributed by atoms with Gasteiger partial charge in [0.15, 0.2) is 0 Å². The Labute approximate surface area is 95.8 Å². The van der Waals surface area contributed by atoms with Crippen molar-refractivity contribution < 1.29 is 37.5 Å². The summed E-state index contributed by atoms with van der Waals surface area (Å²) in [5.41, 5.74) is 2.95. The molecule has 0 bridgehead atoms. The van der Waals surface area contributed by atoms with Crippen molar-refractivity contribution in [2.24, 2.45) is 0 Å². The summed E-state index contributed by atoms with van der Waals surface area (Å²) < 4.78 is 0. The standard InChI is InChI=1S/C8H7OS.Y/c9-7-10-6-8-4-2-1-3-5-8;/h1-5H,6H2;/q-1;. The third-order valence-electron chi connectivity index (χ3n) is 1.14. The number of thioether (sulfide) groups is 1. The molecule has 1 aromatic carbocycles. The first-order valence-electron chi connectivity index (χ1n) is 2.96. The van der Waals surface area contributed by atoms with Gasteiger partial charge < -0.3 is 16.6 Å². The smallest absolute Gasteiger partial charge is 0 e. The van der Waals surface area contributed by atoms with Gasteiger partial charge in [0, 0.05) is 32.7 Å². The molecular weight excluding hydrogens is 233 g/mol. The van der Waals surface area contributed by atoms with Gasteiger partial charge in [0.1, 0.15) is 0 Å².